The fraction of sp³-hybridized carbons (Fsp3) is 0.200. The normalized spacial score (nSPS) is 18.7. The van der Waals surface area contributed by atoms with Crippen molar-refractivity contribution in [3.8, 4) is 11.5 Å². The lowest BCUT2D eigenvalue weighted by molar-refractivity contribution is -0.139. The number of nitrogens with zero attached hydrogens (tertiary/aromatic N) is 1. The van der Waals surface area contributed by atoms with Gasteiger partial charge in [-0.2, -0.15) is 0 Å². The Balaban J connectivity index is 2.23. The predicted octanol–water partition coefficient (Wildman–Crippen LogP) is 2.89. The Morgan fingerprint density at radius 1 is 1.11 bits per heavy atom. The molecule has 0 aromatic heterocycles. The topological polar surface area (TPSA) is 76.1 Å². The first-order valence-electron chi connectivity index (χ1n) is 8.11. The predicted molar refractivity (Wildman–Crippen MR) is 96.0 cm³/mol. The molecule has 2 aromatic rings. The summed E-state index contributed by atoms with van der Waals surface area (Å²) in [4.78, 5) is 26.1. The van der Waals surface area contributed by atoms with Gasteiger partial charge >= 0.3 is 0 Å². The summed E-state index contributed by atoms with van der Waals surface area (Å²) in [5.41, 5.74) is 0.435. The van der Waals surface area contributed by atoms with E-state index in [2.05, 4.69) is 0 Å². The zero-order chi connectivity index (χ0) is 19.7. The third kappa shape index (κ3) is 3.12. The van der Waals surface area contributed by atoms with Gasteiger partial charge in [0.1, 0.15) is 23.1 Å². The van der Waals surface area contributed by atoms with Crippen molar-refractivity contribution in [1.82, 2.24) is 4.90 Å². The molecule has 0 bridgehead atoms. The number of ketones is 1. The van der Waals surface area contributed by atoms with Gasteiger partial charge in [-0.3, -0.25) is 9.59 Å². The number of carbonyl (C=O) groups is 2. The summed E-state index contributed by atoms with van der Waals surface area (Å²) in [6, 6.07) is 9.55. The van der Waals surface area contributed by atoms with Crippen molar-refractivity contribution >= 4 is 17.4 Å². The zero-order valence-electron chi connectivity index (χ0n) is 15.0. The highest BCUT2D eigenvalue weighted by atomic mass is 19.1. The smallest absolute Gasteiger partial charge is 0.295 e. The lowest BCUT2D eigenvalue weighted by atomic mass is 9.95. The molecule has 1 fully saturated rings. The van der Waals surface area contributed by atoms with Gasteiger partial charge in [-0.25, -0.2) is 4.39 Å². The molecule has 2 aromatic carbocycles. The molecule has 1 aliphatic rings. The molecule has 1 atom stereocenters. The molecular formula is C20H18FNO5. The van der Waals surface area contributed by atoms with E-state index in [9.17, 15) is 19.1 Å². The van der Waals surface area contributed by atoms with Gasteiger partial charge in [0.2, 0.25) is 0 Å². The van der Waals surface area contributed by atoms with Crippen LogP contribution in [0.25, 0.3) is 5.76 Å². The number of Topliss-reactive ketones (excluding diaryl/α,β-unsaturated/α-hetero) is 1. The highest BCUT2D eigenvalue weighted by Crippen LogP contribution is 2.40. The van der Waals surface area contributed by atoms with Crippen LogP contribution in [0.5, 0.6) is 11.5 Å². The van der Waals surface area contributed by atoms with Crippen LogP contribution in [0.2, 0.25) is 0 Å². The van der Waals surface area contributed by atoms with Crippen molar-refractivity contribution in [2.75, 3.05) is 21.3 Å². The molecule has 3 rings (SSSR count). The quantitative estimate of drug-likeness (QED) is 0.508. The number of carbonyl (C=O) groups excluding carboxylic acids is 2. The maximum Gasteiger partial charge on any atom is 0.295 e. The standard InChI is InChI=1S/C20H18FNO5/c1-22-17(11-5-4-6-13(9-11)26-2)16(19(24)20(22)25)18(23)14-10-12(21)7-8-15(14)27-3/h4-10,17,23H,1-3H3/b18-16+. The van der Waals surface area contributed by atoms with E-state index in [1.54, 1.807) is 24.3 Å². The van der Waals surface area contributed by atoms with Crippen molar-refractivity contribution in [2.24, 2.45) is 0 Å². The number of likely N-dealkylation sites (tertiary alicyclic amines) is 1. The molecule has 1 unspecified atom stereocenters. The summed E-state index contributed by atoms with van der Waals surface area (Å²) in [5.74, 6) is -2.01. The molecule has 27 heavy (non-hydrogen) atoms. The fourth-order valence-electron chi connectivity index (χ4n) is 3.16. The van der Waals surface area contributed by atoms with Gasteiger partial charge in [0.05, 0.1) is 31.4 Å². The number of likely N-dealkylation sites (N-methyl/N-ethyl adjacent to an activating group) is 1. The minimum Gasteiger partial charge on any atom is -0.507 e. The van der Waals surface area contributed by atoms with E-state index in [0.717, 1.165) is 6.07 Å². The Bertz CT molecular complexity index is 953. The summed E-state index contributed by atoms with van der Waals surface area (Å²) >= 11 is 0. The van der Waals surface area contributed by atoms with E-state index in [-0.39, 0.29) is 16.9 Å². The Hall–Kier alpha value is -3.35. The van der Waals surface area contributed by atoms with Crippen LogP contribution in [0.4, 0.5) is 4.39 Å². The van der Waals surface area contributed by atoms with Crippen molar-refractivity contribution in [3.63, 3.8) is 0 Å². The number of aliphatic hydroxyl groups is 1. The number of rotatable bonds is 4. The van der Waals surface area contributed by atoms with Crippen LogP contribution in [0.3, 0.4) is 0 Å². The van der Waals surface area contributed by atoms with Gasteiger partial charge in [0, 0.05) is 7.05 Å². The van der Waals surface area contributed by atoms with E-state index in [1.165, 1.54) is 38.3 Å². The van der Waals surface area contributed by atoms with Gasteiger partial charge in [-0.05, 0) is 35.9 Å². The average molecular weight is 371 g/mol. The lowest BCUT2D eigenvalue weighted by Crippen LogP contribution is -2.24. The Morgan fingerprint density at radius 2 is 1.85 bits per heavy atom. The molecule has 1 amide bonds. The van der Waals surface area contributed by atoms with E-state index in [1.807, 2.05) is 0 Å². The number of amides is 1. The number of halogens is 1. The minimum atomic E-state index is -0.853. The molecule has 6 nitrogen and oxygen atoms in total. The highest BCUT2D eigenvalue weighted by molar-refractivity contribution is 6.46. The second-order valence-corrected chi connectivity index (χ2v) is 6.03. The minimum absolute atomic E-state index is 0.00292. The Kier molecular flexibility index (Phi) is 4.85. The summed E-state index contributed by atoms with van der Waals surface area (Å²) in [5, 5.41) is 10.8. The van der Waals surface area contributed by atoms with Crippen molar-refractivity contribution < 1.29 is 28.6 Å². The number of benzene rings is 2. The monoisotopic (exact) mass is 371 g/mol. The third-order valence-electron chi connectivity index (χ3n) is 4.50. The Morgan fingerprint density at radius 3 is 2.52 bits per heavy atom. The molecule has 1 aliphatic heterocycles. The maximum absolute atomic E-state index is 13.7. The largest absolute Gasteiger partial charge is 0.507 e. The summed E-state index contributed by atoms with van der Waals surface area (Å²) in [7, 11) is 4.33. The number of ether oxygens (including phenoxy) is 2. The molecule has 0 saturated carbocycles. The first kappa shape index (κ1) is 18.4. The van der Waals surface area contributed by atoms with Gasteiger partial charge in [-0.15, -0.1) is 0 Å². The first-order valence-corrected chi connectivity index (χ1v) is 8.11. The molecule has 140 valence electrons. The van der Waals surface area contributed by atoms with E-state index in [4.69, 9.17) is 9.47 Å². The summed E-state index contributed by atoms with van der Waals surface area (Å²) < 4.78 is 24.1. The van der Waals surface area contributed by atoms with Crippen molar-refractivity contribution in [3.05, 3.63) is 65.0 Å². The molecule has 1 heterocycles. The molecule has 7 heteroatoms. The summed E-state index contributed by atoms with van der Waals surface area (Å²) in [6.45, 7) is 0. The summed E-state index contributed by atoms with van der Waals surface area (Å²) in [6.07, 6.45) is 0. The second kappa shape index (κ2) is 7.11. The number of aliphatic hydroxyl groups excluding tert-OH is 1. The highest BCUT2D eigenvalue weighted by Gasteiger charge is 2.44. The van der Waals surface area contributed by atoms with Crippen LogP contribution >= 0.6 is 0 Å². The van der Waals surface area contributed by atoms with Crippen LogP contribution < -0.4 is 9.47 Å². The molecule has 1 N–H and O–H groups in total. The van der Waals surface area contributed by atoms with Crippen molar-refractivity contribution in [2.45, 2.75) is 6.04 Å². The molecule has 0 radical (unpaired) electrons. The van der Waals surface area contributed by atoms with Crippen molar-refractivity contribution in [1.29, 1.82) is 0 Å². The number of hydrogen-bond donors (Lipinski definition) is 1. The first-order chi connectivity index (χ1) is 12.9. The molecule has 0 spiro atoms. The molecule has 1 saturated heterocycles. The van der Waals surface area contributed by atoms with Crippen LogP contribution in [0.1, 0.15) is 17.2 Å². The molecule has 0 aliphatic carbocycles. The van der Waals surface area contributed by atoms with Gasteiger partial charge in [-0.1, -0.05) is 12.1 Å². The number of methoxy groups -OCH3 is 2. The second-order valence-electron chi connectivity index (χ2n) is 6.03. The SMILES string of the molecule is COc1cccc(C2/C(=C(\O)c3cc(F)ccc3OC)C(=O)C(=O)N2C)c1. The van der Waals surface area contributed by atoms with E-state index in [0.29, 0.717) is 11.3 Å². The van der Waals surface area contributed by atoms with Gasteiger partial charge < -0.3 is 19.5 Å². The van der Waals surface area contributed by atoms with Gasteiger partial charge in [0.15, 0.2) is 0 Å². The molecular weight excluding hydrogens is 353 g/mol. The third-order valence-corrected chi connectivity index (χ3v) is 4.50. The van der Waals surface area contributed by atoms with Crippen LogP contribution in [0, 0.1) is 5.82 Å². The van der Waals surface area contributed by atoms with Gasteiger partial charge in [0.25, 0.3) is 11.7 Å². The van der Waals surface area contributed by atoms with Crippen LogP contribution in [-0.2, 0) is 9.59 Å². The van der Waals surface area contributed by atoms with Crippen LogP contribution in [0.15, 0.2) is 48.0 Å². The number of hydrogen-bond acceptors (Lipinski definition) is 5. The van der Waals surface area contributed by atoms with E-state index < -0.39 is 29.3 Å². The Labute approximate surface area is 155 Å². The average Bonchev–Trinajstić information content (AvgIpc) is 2.91. The van der Waals surface area contributed by atoms with Crippen LogP contribution in [-0.4, -0.2) is 43.0 Å². The van der Waals surface area contributed by atoms with E-state index >= 15 is 0 Å². The zero-order valence-corrected chi connectivity index (χ0v) is 15.0. The maximum atomic E-state index is 13.7. The fourth-order valence-corrected chi connectivity index (χ4v) is 3.16. The lowest BCUT2D eigenvalue weighted by Gasteiger charge is -2.21.